The van der Waals surface area contributed by atoms with Crippen LogP contribution in [0.5, 0.6) is 0 Å². The minimum absolute atomic E-state index is 0.147. The van der Waals surface area contributed by atoms with Crippen LogP contribution in [0.2, 0.25) is 0 Å². The highest BCUT2D eigenvalue weighted by Gasteiger charge is 2.10. The molecule has 2 rings (SSSR count). The number of nitrogens with one attached hydrogen (secondary N) is 1. The van der Waals surface area contributed by atoms with Gasteiger partial charge in [-0.2, -0.15) is 5.10 Å². The lowest BCUT2D eigenvalue weighted by molar-refractivity contribution is -0.122. The van der Waals surface area contributed by atoms with Crippen molar-refractivity contribution >= 4 is 16.7 Å². The normalized spacial score (nSPS) is 12.3. The summed E-state index contributed by atoms with van der Waals surface area (Å²) in [6, 6.07) is 6.74. The molecule has 0 radical (unpaired) electrons. The number of carbonyl (C=O) groups excluding carboxylic acids is 1. The van der Waals surface area contributed by atoms with E-state index >= 15 is 0 Å². The molecule has 0 aliphatic rings. The topological polar surface area (TPSA) is 84.2 Å². The van der Waals surface area contributed by atoms with Crippen LogP contribution in [0.3, 0.4) is 0 Å². The second-order valence-corrected chi connectivity index (χ2v) is 4.35. The number of amides is 1. The molecule has 19 heavy (non-hydrogen) atoms. The van der Waals surface area contributed by atoms with Crippen LogP contribution in [-0.2, 0) is 11.3 Å². The molecule has 2 aromatic rings. The van der Waals surface area contributed by atoms with Gasteiger partial charge in [-0.3, -0.25) is 9.59 Å². The van der Waals surface area contributed by atoms with Gasteiger partial charge in [-0.05, 0) is 13.0 Å². The summed E-state index contributed by atoms with van der Waals surface area (Å²) in [6.45, 7) is 1.37. The van der Waals surface area contributed by atoms with E-state index in [9.17, 15) is 9.59 Å². The van der Waals surface area contributed by atoms with E-state index in [1.807, 2.05) is 6.07 Å². The van der Waals surface area contributed by atoms with Gasteiger partial charge < -0.3 is 10.4 Å². The number of hydrogen-bond acceptors (Lipinski definition) is 4. The Morgan fingerprint density at radius 2 is 2.21 bits per heavy atom. The van der Waals surface area contributed by atoms with Crippen LogP contribution < -0.4 is 10.9 Å². The standard InChI is InChI=1S/C13H15N3O3/c1-9(8-17)15-12(18)7-16-13(19)11-5-3-2-4-10(11)6-14-16/h2-6,9,17H,7-8H2,1H3,(H,15,18). The number of fused-ring (bicyclic) bond motifs is 1. The quantitative estimate of drug-likeness (QED) is 0.804. The molecule has 1 aromatic heterocycles. The van der Waals surface area contributed by atoms with E-state index in [1.165, 1.54) is 0 Å². The SMILES string of the molecule is CC(CO)NC(=O)Cn1ncc2ccccc2c1=O. The van der Waals surface area contributed by atoms with E-state index in [2.05, 4.69) is 10.4 Å². The van der Waals surface area contributed by atoms with E-state index in [-0.39, 0.29) is 30.7 Å². The van der Waals surface area contributed by atoms with Gasteiger partial charge in [0.1, 0.15) is 6.54 Å². The van der Waals surface area contributed by atoms with E-state index in [0.29, 0.717) is 5.39 Å². The Balaban J connectivity index is 2.24. The van der Waals surface area contributed by atoms with Crippen LogP contribution >= 0.6 is 0 Å². The summed E-state index contributed by atoms with van der Waals surface area (Å²) in [4.78, 5) is 23.7. The smallest absolute Gasteiger partial charge is 0.275 e. The van der Waals surface area contributed by atoms with Gasteiger partial charge >= 0.3 is 0 Å². The lowest BCUT2D eigenvalue weighted by atomic mass is 10.2. The van der Waals surface area contributed by atoms with Crippen molar-refractivity contribution in [3.63, 3.8) is 0 Å². The predicted octanol–water partition coefficient (Wildman–Crippen LogP) is -0.107. The number of rotatable bonds is 4. The molecule has 0 saturated heterocycles. The molecule has 0 bridgehead atoms. The fourth-order valence-corrected chi connectivity index (χ4v) is 1.74. The minimum atomic E-state index is -0.355. The van der Waals surface area contributed by atoms with Crippen LogP contribution in [0.1, 0.15) is 6.92 Å². The van der Waals surface area contributed by atoms with Crippen LogP contribution in [-0.4, -0.2) is 33.4 Å². The predicted molar refractivity (Wildman–Crippen MR) is 70.7 cm³/mol. The Hall–Kier alpha value is -2.21. The Morgan fingerprint density at radius 1 is 1.47 bits per heavy atom. The summed E-state index contributed by atoms with van der Waals surface area (Å²) < 4.78 is 1.11. The minimum Gasteiger partial charge on any atom is -0.394 e. The molecule has 1 unspecified atom stereocenters. The van der Waals surface area contributed by atoms with Gasteiger partial charge in [-0.25, -0.2) is 4.68 Å². The zero-order valence-electron chi connectivity index (χ0n) is 10.5. The third-order valence-electron chi connectivity index (χ3n) is 2.74. The molecule has 2 N–H and O–H groups in total. The Bertz CT molecular complexity index is 651. The highest BCUT2D eigenvalue weighted by Crippen LogP contribution is 2.06. The number of carbonyl (C=O) groups is 1. The van der Waals surface area contributed by atoms with Crippen LogP contribution in [0.25, 0.3) is 10.8 Å². The lowest BCUT2D eigenvalue weighted by Crippen LogP contribution is -2.39. The summed E-state index contributed by atoms with van der Waals surface area (Å²) in [7, 11) is 0. The third kappa shape index (κ3) is 2.97. The van der Waals surface area contributed by atoms with Gasteiger partial charge in [0.2, 0.25) is 5.91 Å². The van der Waals surface area contributed by atoms with Gasteiger partial charge in [0.05, 0.1) is 18.2 Å². The van der Waals surface area contributed by atoms with Crippen molar-refractivity contribution in [3.05, 3.63) is 40.8 Å². The van der Waals surface area contributed by atoms with Gasteiger partial charge in [-0.1, -0.05) is 18.2 Å². The summed E-state index contributed by atoms with van der Waals surface area (Å²) >= 11 is 0. The first-order valence-corrected chi connectivity index (χ1v) is 5.97. The zero-order chi connectivity index (χ0) is 13.8. The van der Waals surface area contributed by atoms with E-state index in [1.54, 1.807) is 31.3 Å². The number of aliphatic hydroxyl groups excluding tert-OH is 1. The molecule has 0 aliphatic carbocycles. The molecule has 6 heteroatoms. The van der Waals surface area contributed by atoms with Crippen LogP contribution in [0, 0.1) is 0 Å². The zero-order valence-corrected chi connectivity index (χ0v) is 10.5. The van der Waals surface area contributed by atoms with Crippen molar-refractivity contribution in [2.24, 2.45) is 0 Å². The Morgan fingerprint density at radius 3 is 2.95 bits per heavy atom. The molecule has 0 aliphatic heterocycles. The highest BCUT2D eigenvalue weighted by atomic mass is 16.3. The summed E-state index contributed by atoms with van der Waals surface area (Å²) in [5.41, 5.74) is -0.301. The average Bonchev–Trinajstić information content (AvgIpc) is 2.42. The van der Waals surface area contributed by atoms with Crippen LogP contribution in [0.4, 0.5) is 0 Å². The van der Waals surface area contributed by atoms with E-state index in [0.717, 1.165) is 10.1 Å². The molecule has 6 nitrogen and oxygen atoms in total. The second kappa shape index (κ2) is 5.62. The van der Waals surface area contributed by atoms with Gasteiger partial charge in [0, 0.05) is 11.4 Å². The van der Waals surface area contributed by atoms with Gasteiger partial charge in [0.15, 0.2) is 0 Å². The maximum Gasteiger partial charge on any atom is 0.275 e. The maximum atomic E-state index is 12.1. The molecule has 1 amide bonds. The molecular weight excluding hydrogens is 246 g/mol. The fourth-order valence-electron chi connectivity index (χ4n) is 1.74. The summed E-state index contributed by atoms with van der Waals surface area (Å²) in [5, 5.41) is 16.6. The molecule has 0 spiro atoms. The number of nitrogens with zero attached hydrogens (tertiary/aromatic N) is 2. The van der Waals surface area contributed by atoms with Crippen molar-refractivity contribution < 1.29 is 9.90 Å². The van der Waals surface area contributed by atoms with Crippen molar-refractivity contribution in [2.45, 2.75) is 19.5 Å². The maximum absolute atomic E-state index is 12.1. The van der Waals surface area contributed by atoms with Crippen molar-refractivity contribution in [1.82, 2.24) is 15.1 Å². The largest absolute Gasteiger partial charge is 0.394 e. The molecule has 100 valence electrons. The fraction of sp³-hybridized carbons (Fsp3) is 0.308. The van der Waals surface area contributed by atoms with Crippen molar-refractivity contribution in [1.29, 1.82) is 0 Å². The third-order valence-corrected chi connectivity index (χ3v) is 2.74. The first-order chi connectivity index (χ1) is 9.11. The van der Waals surface area contributed by atoms with Crippen molar-refractivity contribution in [2.75, 3.05) is 6.61 Å². The summed E-state index contributed by atoms with van der Waals surface area (Å²) in [6.07, 6.45) is 1.56. The highest BCUT2D eigenvalue weighted by molar-refractivity contribution is 5.81. The van der Waals surface area contributed by atoms with Crippen molar-refractivity contribution in [3.8, 4) is 0 Å². The lowest BCUT2D eigenvalue weighted by Gasteiger charge is -2.11. The first kappa shape index (κ1) is 13.2. The molecule has 0 fully saturated rings. The van der Waals surface area contributed by atoms with Crippen LogP contribution in [0.15, 0.2) is 35.3 Å². The monoisotopic (exact) mass is 261 g/mol. The second-order valence-electron chi connectivity index (χ2n) is 4.35. The van der Waals surface area contributed by atoms with E-state index < -0.39 is 0 Å². The molecule has 1 atom stereocenters. The number of aromatic nitrogens is 2. The Kier molecular flexibility index (Phi) is 3.91. The Labute approximate surface area is 109 Å². The van der Waals surface area contributed by atoms with Gasteiger partial charge in [-0.15, -0.1) is 0 Å². The molecule has 1 heterocycles. The number of aliphatic hydroxyl groups is 1. The summed E-state index contributed by atoms with van der Waals surface area (Å²) in [5.74, 6) is -0.355. The number of benzene rings is 1. The van der Waals surface area contributed by atoms with E-state index in [4.69, 9.17) is 5.11 Å². The number of hydrogen-bond donors (Lipinski definition) is 2. The van der Waals surface area contributed by atoms with Gasteiger partial charge in [0.25, 0.3) is 5.56 Å². The molecule has 0 saturated carbocycles. The molecule has 1 aromatic carbocycles. The average molecular weight is 261 g/mol. The molecular formula is C13H15N3O3. The first-order valence-electron chi connectivity index (χ1n) is 5.97.